The van der Waals surface area contributed by atoms with Gasteiger partial charge in [0, 0.05) is 13.1 Å². The Bertz CT molecular complexity index is 405. The van der Waals surface area contributed by atoms with Crippen LogP contribution in [-0.2, 0) is 14.9 Å². The molecule has 0 atom stereocenters. The molecule has 0 bridgehead atoms. The maximum Gasteiger partial charge on any atom is 0.233 e. The smallest absolute Gasteiger partial charge is 0.233 e. The SMILES string of the molecule is O=C(N1CCOCC1)C1(c2cc[c]cc2)CC1. The number of nitrogens with zero attached hydrogens (tertiary/aromatic N) is 1. The van der Waals surface area contributed by atoms with E-state index in [0.717, 1.165) is 31.5 Å². The van der Waals surface area contributed by atoms with Gasteiger partial charge in [-0.25, -0.2) is 0 Å². The predicted octanol–water partition coefficient (Wildman–Crippen LogP) is 1.38. The summed E-state index contributed by atoms with van der Waals surface area (Å²) in [7, 11) is 0. The Morgan fingerprint density at radius 1 is 1.24 bits per heavy atom. The van der Waals surface area contributed by atoms with Crippen LogP contribution in [0.3, 0.4) is 0 Å². The van der Waals surface area contributed by atoms with E-state index in [1.165, 1.54) is 0 Å². The molecule has 1 aromatic rings. The van der Waals surface area contributed by atoms with Gasteiger partial charge in [0.05, 0.1) is 18.6 Å². The van der Waals surface area contributed by atoms with Crippen LogP contribution in [0.2, 0.25) is 0 Å². The van der Waals surface area contributed by atoms with Crippen LogP contribution in [0.4, 0.5) is 0 Å². The molecule has 3 rings (SSSR count). The maximum absolute atomic E-state index is 12.5. The number of morpholine rings is 1. The Kier molecular flexibility index (Phi) is 2.63. The van der Waals surface area contributed by atoms with Gasteiger partial charge in [-0.2, -0.15) is 0 Å². The van der Waals surface area contributed by atoms with Crippen LogP contribution in [0, 0.1) is 6.07 Å². The molecule has 2 fully saturated rings. The van der Waals surface area contributed by atoms with Gasteiger partial charge in [-0.15, -0.1) is 0 Å². The normalized spacial score (nSPS) is 22.2. The van der Waals surface area contributed by atoms with Crippen molar-refractivity contribution in [1.29, 1.82) is 0 Å². The lowest BCUT2D eigenvalue weighted by molar-refractivity contribution is -0.138. The molecule has 1 radical (unpaired) electrons. The van der Waals surface area contributed by atoms with Crippen molar-refractivity contribution in [2.45, 2.75) is 18.3 Å². The van der Waals surface area contributed by atoms with E-state index in [1.54, 1.807) is 0 Å². The van der Waals surface area contributed by atoms with E-state index in [2.05, 4.69) is 6.07 Å². The fourth-order valence-electron chi connectivity index (χ4n) is 2.53. The first-order chi connectivity index (χ1) is 8.33. The Balaban J connectivity index is 1.81. The number of ether oxygens (including phenoxy) is 1. The fraction of sp³-hybridized carbons (Fsp3) is 0.500. The van der Waals surface area contributed by atoms with Crippen molar-refractivity contribution >= 4 is 5.91 Å². The van der Waals surface area contributed by atoms with Crippen LogP contribution >= 0.6 is 0 Å². The molecule has 0 unspecified atom stereocenters. The third-order valence-corrected chi connectivity index (χ3v) is 3.73. The van der Waals surface area contributed by atoms with Crippen molar-refractivity contribution < 1.29 is 9.53 Å². The summed E-state index contributed by atoms with van der Waals surface area (Å²) in [5.74, 6) is 0.284. The summed E-state index contributed by atoms with van der Waals surface area (Å²) in [6.45, 7) is 2.81. The minimum atomic E-state index is -0.230. The van der Waals surface area contributed by atoms with E-state index in [9.17, 15) is 4.79 Å². The van der Waals surface area contributed by atoms with Gasteiger partial charge in [0.2, 0.25) is 5.91 Å². The van der Waals surface area contributed by atoms with Gasteiger partial charge in [0.1, 0.15) is 0 Å². The molecular formula is C14H16NO2. The zero-order valence-electron chi connectivity index (χ0n) is 9.82. The first kappa shape index (κ1) is 10.8. The van der Waals surface area contributed by atoms with Crippen molar-refractivity contribution in [2.24, 2.45) is 0 Å². The summed E-state index contributed by atoms with van der Waals surface area (Å²) in [6, 6.07) is 10.8. The number of hydrogen-bond donors (Lipinski definition) is 0. The predicted molar refractivity (Wildman–Crippen MR) is 63.6 cm³/mol. The summed E-state index contributed by atoms with van der Waals surface area (Å²) in [6.07, 6.45) is 1.96. The third-order valence-electron chi connectivity index (χ3n) is 3.73. The van der Waals surface area contributed by atoms with Crippen LogP contribution in [0.1, 0.15) is 18.4 Å². The van der Waals surface area contributed by atoms with Gasteiger partial charge in [0.25, 0.3) is 0 Å². The summed E-state index contributed by atoms with van der Waals surface area (Å²) >= 11 is 0. The van der Waals surface area contributed by atoms with Crippen molar-refractivity contribution in [3.05, 3.63) is 35.9 Å². The monoisotopic (exact) mass is 230 g/mol. The third kappa shape index (κ3) is 1.84. The second-order valence-electron chi connectivity index (χ2n) is 4.78. The fourth-order valence-corrected chi connectivity index (χ4v) is 2.53. The van der Waals surface area contributed by atoms with E-state index < -0.39 is 0 Å². The number of carbonyl (C=O) groups excluding carboxylic acids is 1. The lowest BCUT2D eigenvalue weighted by atomic mass is 9.94. The van der Waals surface area contributed by atoms with Crippen molar-refractivity contribution in [3.8, 4) is 0 Å². The first-order valence-corrected chi connectivity index (χ1v) is 6.17. The van der Waals surface area contributed by atoms with Crippen LogP contribution < -0.4 is 0 Å². The molecule has 0 aromatic heterocycles. The highest BCUT2D eigenvalue weighted by Gasteiger charge is 2.52. The van der Waals surface area contributed by atoms with E-state index >= 15 is 0 Å². The number of benzene rings is 1. The van der Waals surface area contributed by atoms with Gasteiger partial charge in [-0.1, -0.05) is 24.3 Å². The van der Waals surface area contributed by atoms with Gasteiger partial charge < -0.3 is 9.64 Å². The Morgan fingerprint density at radius 2 is 1.88 bits per heavy atom. The molecule has 1 heterocycles. The van der Waals surface area contributed by atoms with Crippen LogP contribution in [0.5, 0.6) is 0 Å². The van der Waals surface area contributed by atoms with Crippen LogP contribution in [-0.4, -0.2) is 37.1 Å². The maximum atomic E-state index is 12.5. The topological polar surface area (TPSA) is 29.5 Å². The summed E-state index contributed by atoms with van der Waals surface area (Å²) < 4.78 is 5.29. The lowest BCUT2D eigenvalue weighted by Crippen LogP contribution is -2.45. The molecule has 89 valence electrons. The van der Waals surface area contributed by atoms with E-state index in [4.69, 9.17) is 4.74 Å². The number of carbonyl (C=O) groups is 1. The van der Waals surface area contributed by atoms with Crippen molar-refractivity contribution in [3.63, 3.8) is 0 Å². The molecule has 2 aliphatic rings. The minimum absolute atomic E-state index is 0.230. The molecule has 0 spiro atoms. The van der Waals surface area contributed by atoms with E-state index in [-0.39, 0.29) is 11.3 Å². The Labute approximate surface area is 101 Å². The highest BCUT2D eigenvalue weighted by atomic mass is 16.5. The Morgan fingerprint density at radius 3 is 2.47 bits per heavy atom. The highest BCUT2D eigenvalue weighted by Crippen LogP contribution is 2.49. The molecule has 1 aliphatic carbocycles. The zero-order valence-corrected chi connectivity index (χ0v) is 9.82. The second kappa shape index (κ2) is 4.15. The molecule has 1 aliphatic heterocycles. The molecule has 1 aromatic carbocycles. The van der Waals surface area contributed by atoms with Gasteiger partial charge in [-0.3, -0.25) is 4.79 Å². The average molecular weight is 230 g/mol. The quantitative estimate of drug-likeness (QED) is 0.768. The summed E-state index contributed by atoms with van der Waals surface area (Å²) in [5, 5.41) is 0. The number of amides is 1. The number of hydrogen-bond acceptors (Lipinski definition) is 2. The zero-order chi connectivity index (χ0) is 11.7. The van der Waals surface area contributed by atoms with Gasteiger partial charge >= 0.3 is 0 Å². The van der Waals surface area contributed by atoms with Crippen LogP contribution in [0.15, 0.2) is 24.3 Å². The molecule has 17 heavy (non-hydrogen) atoms. The molecule has 3 nitrogen and oxygen atoms in total. The van der Waals surface area contributed by atoms with Crippen LogP contribution in [0.25, 0.3) is 0 Å². The number of rotatable bonds is 2. The lowest BCUT2D eigenvalue weighted by Gasteiger charge is -2.30. The molecule has 0 N–H and O–H groups in total. The molecule has 1 amide bonds. The van der Waals surface area contributed by atoms with Gasteiger partial charge in [-0.05, 0) is 24.5 Å². The molecule has 1 saturated heterocycles. The summed E-state index contributed by atoms with van der Waals surface area (Å²) in [4.78, 5) is 14.5. The molecule has 1 saturated carbocycles. The summed E-state index contributed by atoms with van der Waals surface area (Å²) in [5.41, 5.74) is 0.916. The van der Waals surface area contributed by atoms with E-state index in [0.29, 0.717) is 13.2 Å². The molecular weight excluding hydrogens is 214 g/mol. The largest absolute Gasteiger partial charge is 0.378 e. The average Bonchev–Trinajstić information content (AvgIpc) is 3.21. The minimum Gasteiger partial charge on any atom is -0.378 e. The Hall–Kier alpha value is -1.35. The van der Waals surface area contributed by atoms with Crippen molar-refractivity contribution in [2.75, 3.05) is 26.3 Å². The molecule has 3 heteroatoms. The van der Waals surface area contributed by atoms with E-state index in [1.807, 2.05) is 29.2 Å². The highest BCUT2D eigenvalue weighted by molar-refractivity contribution is 5.91. The van der Waals surface area contributed by atoms with Gasteiger partial charge in [0.15, 0.2) is 0 Å². The standard InChI is InChI=1S/C14H16NO2/c16-13(15-8-10-17-11-9-15)14(6-7-14)12-4-2-1-3-5-12/h2-5H,6-11H2. The second-order valence-corrected chi connectivity index (χ2v) is 4.78. The van der Waals surface area contributed by atoms with Crippen molar-refractivity contribution in [1.82, 2.24) is 4.90 Å². The first-order valence-electron chi connectivity index (χ1n) is 6.17.